The quantitative estimate of drug-likeness (QED) is 0.670. The highest BCUT2D eigenvalue weighted by atomic mass is 79.9. The van der Waals surface area contributed by atoms with Gasteiger partial charge in [0, 0.05) is 10.0 Å². The number of rotatable bonds is 4. The molecule has 1 unspecified atom stereocenters. The summed E-state index contributed by atoms with van der Waals surface area (Å²) >= 11 is 4.86. The van der Waals surface area contributed by atoms with E-state index in [0.29, 0.717) is 12.0 Å². The second-order valence-electron chi connectivity index (χ2n) is 3.72. The Morgan fingerprint density at radius 1 is 1.41 bits per heavy atom. The van der Waals surface area contributed by atoms with E-state index >= 15 is 0 Å². The Hall–Kier alpha value is -0.750. The SMILES string of the molecule is NNC(Cc1ccsc1)c1ccc(Br)cc1F. The van der Waals surface area contributed by atoms with Crippen LogP contribution in [-0.4, -0.2) is 0 Å². The van der Waals surface area contributed by atoms with Crippen LogP contribution in [0.25, 0.3) is 0 Å². The molecule has 0 amide bonds. The zero-order chi connectivity index (χ0) is 12.3. The zero-order valence-corrected chi connectivity index (χ0v) is 11.4. The Kier molecular flexibility index (Phi) is 4.28. The maximum absolute atomic E-state index is 13.8. The summed E-state index contributed by atoms with van der Waals surface area (Å²) in [5, 5.41) is 4.04. The van der Waals surface area contributed by atoms with Gasteiger partial charge < -0.3 is 0 Å². The third kappa shape index (κ3) is 3.13. The predicted octanol–water partition coefficient (Wildman–Crippen LogP) is 3.40. The molecule has 1 atom stereocenters. The van der Waals surface area contributed by atoms with E-state index in [-0.39, 0.29) is 11.9 Å². The maximum atomic E-state index is 13.8. The standard InChI is InChI=1S/C12H12BrFN2S/c13-9-1-2-10(11(14)6-9)12(16-15)5-8-3-4-17-7-8/h1-4,6-7,12,16H,5,15H2. The summed E-state index contributed by atoms with van der Waals surface area (Å²) in [5.74, 6) is 5.25. The van der Waals surface area contributed by atoms with Gasteiger partial charge in [0.1, 0.15) is 5.82 Å². The van der Waals surface area contributed by atoms with Crippen LogP contribution in [0.3, 0.4) is 0 Å². The topological polar surface area (TPSA) is 38.0 Å². The number of nitrogens with one attached hydrogen (secondary N) is 1. The molecule has 0 saturated carbocycles. The molecule has 1 aromatic heterocycles. The van der Waals surface area contributed by atoms with E-state index in [1.54, 1.807) is 17.4 Å². The van der Waals surface area contributed by atoms with Crippen LogP contribution in [0.2, 0.25) is 0 Å². The molecule has 2 nitrogen and oxygen atoms in total. The lowest BCUT2D eigenvalue weighted by molar-refractivity contribution is 0.510. The van der Waals surface area contributed by atoms with Crippen molar-refractivity contribution in [1.82, 2.24) is 5.43 Å². The van der Waals surface area contributed by atoms with E-state index in [1.165, 1.54) is 6.07 Å². The van der Waals surface area contributed by atoms with Crippen LogP contribution >= 0.6 is 27.3 Å². The Bertz CT molecular complexity index is 487. The van der Waals surface area contributed by atoms with Crippen LogP contribution in [-0.2, 0) is 6.42 Å². The van der Waals surface area contributed by atoms with E-state index in [1.807, 2.05) is 22.9 Å². The molecule has 0 aliphatic heterocycles. The summed E-state index contributed by atoms with van der Waals surface area (Å²) in [6.07, 6.45) is 0.679. The smallest absolute Gasteiger partial charge is 0.129 e. The Labute approximate surface area is 112 Å². The summed E-state index contributed by atoms with van der Waals surface area (Å²) in [5.41, 5.74) is 4.40. The van der Waals surface area contributed by atoms with Crippen molar-refractivity contribution in [2.24, 2.45) is 5.84 Å². The summed E-state index contributed by atoms with van der Waals surface area (Å²) in [7, 11) is 0. The number of thiophene rings is 1. The second kappa shape index (κ2) is 5.73. The van der Waals surface area contributed by atoms with Gasteiger partial charge in [-0.05, 0) is 40.9 Å². The first-order valence-electron chi connectivity index (χ1n) is 5.13. The molecule has 1 heterocycles. The van der Waals surface area contributed by atoms with E-state index in [4.69, 9.17) is 5.84 Å². The summed E-state index contributed by atoms with van der Waals surface area (Å²) in [4.78, 5) is 0. The molecule has 2 rings (SSSR count). The van der Waals surface area contributed by atoms with Gasteiger partial charge in [-0.25, -0.2) is 4.39 Å². The molecule has 17 heavy (non-hydrogen) atoms. The van der Waals surface area contributed by atoms with Crippen molar-refractivity contribution < 1.29 is 4.39 Å². The third-order valence-corrected chi connectivity index (χ3v) is 3.78. The molecule has 0 bridgehead atoms. The average molecular weight is 315 g/mol. The molecular weight excluding hydrogens is 303 g/mol. The monoisotopic (exact) mass is 314 g/mol. The molecular formula is C12H12BrFN2S. The van der Waals surface area contributed by atoms with Gasteiger partial charge in [0.2, 0.25) is 0 Å². The first-order valence-corrected chi connectivity index (χ1v) is 6.86. The number of hydrogen-bond acceptors (Lipinski definition) is 3. The van der Waals surface area contributed by atoms with E-state index in [0.717, 1.165) is 10.0 Å². The van der Waals surface area contributed by atoms with Gasteiger partial charge in [-0.1, -0.05) is 22.0 Å². The highest BCUT2D eigenvalue weighted by molar-refractivity contribution is 9.10. The molecule has 0 aliphatic rings. The Balaban J connectivity index is 2.23. The first-order chi connectivity index (χ1) is 8.20. The van der Waals surface area contributed by atoms with Crippen LogP contribution < -0.4 is 11.3 Å². The van der Waals surface area contributed by atoms with Crippen molar-refractivity contribution in [3.05, 3.63) is 56.4 Å². The summed E-state index contributed by atoms with van der Waals surface area (Å²) in [6, 6.07) is 6.82. The number of halogens is 2. The molecule has 5 heteroatoms. The maximum Gasteiger partial charge on any atom is 0.129 e. The minimum atomic E-state index is -0.252. The Morgan fingerprint density at radius 2 is 2.24 bits per heavy atom. The van der Waals surface area contributed by atoms with Crippen molar-refractivity contribution in [2.75, 3.05) is 0 Å². The van der Waals surface area contributed by atoms with Crippen molar-refractivity contribution in [3.8, 4) is 0 Å². The zero-order valence-electron chi connectivity index (χ0n) is 8.99. The minimum absolute atomic E-state index is 0.210. The molecule has 3 N–H and O–H groups in total. The lowest BCUT2D eigenvalue weighted by Gasteiger charge is -2.16. The van der Waals surface area contributed by atoms with Crippen LogP contribution in [0.4, 0.5) is 4.39 Å². The van der Waals surface area contributed by atoms with Gasteiger partial charge >= 0.3 is 0 Å². The van der Waals surface area contributed by atoms with Gasteiger partial charge in [0.25, 0.3) is 0 Å². The highest BCUT2D eigenvalue weighted by Crippen LogP contribution is 2.24. The van der Waals surface area contributed by atoms with Crippen molar-refractivity contribution in [2.45, 2.75) is 12.5 Å². The highest BCUT2D eigenvalue weighted by Gasteiger charge is 2.15. The molecule has 0 saturated heterocycles. The number of benzene rings is 1. The largest absolute Gasteiger partial charge is 0.271 e. The van der Waals surface area contributed by atoms with E-state index < -0.39 is 0 Å². The normalized spacial score (nSPS) is 12.6. The van der Waals surface area contributed by atoms with Gasteiger partial charge in [-0.2, -0.15) is 11.3 Å². The van der Waals surface area contributed by atoms with Crippen molar-refractivity contribution in [1.29, 1.82) is 0 Å². The van der Waals surface area contributed by atoms with Gasteiger partial charge in [0.05, 0.1) is 6.04 Å². The van der Waals surface area contributed by atoms with Gasteiger partial charge in [-0.15, -0.1) is 0 Å². The van der Waals surface area contributed by atoms with E-state index in [2.05, 4.69) is 21.4 Å². The van der Waals surface area contributed by atoms with Gasteiger partial charge in [-0.3, -0.25) is 11.3 Å². The fraction of sp³-hybridized carbons (Fsp3) is 0.167. The van der Waals surface area contributed by atoms with Crippen LogP contribution in [0.1, 0.15) is 17.2 Å². The minimum Gasteiger partial charge on any atom is -0.271 e. The van der Waals surface area contributed by atoms with E-state index in [9.17, 15) is 4.39 Å². The molecule has 90 valence electrons. The number of hydrogen-bond donors (Lipinski definition) is 2. The molecule has 0 fully saturated rings. The molecule has 1 aromatic carbocycles. The summed E-state index contributed by atoms with van der Waals surface area (Å²) in [6.45, 7) is 0. The molecule has 0 spiro atoms. The molecule has 2 aromatic rings. The second-order valence-corrected chi connectivity index (χ2v) is 5.42. The van der Waals surface area contributed by atoms with Crippen LogP contribution in [0.15, 0.2) is 39.5 Å². The lowest BCUT2D eigenvalue weighted by atomic mass is 10.0. The van der Waals surface area contributed by atoms with Crippen molar-refractivity contribution >= 4 is 27.3 Å². The average Bonchev–Trinajstić information content (AvgIpc) is 2.79. The third-order valence-electron chi connectivity index (χ3n) is 2.56. The molecule has 0 aliphatic carbocycles. The fourth-order valence-electron chi connectivity index (χ4n) is 1.69. The lowest BCUT2D eigenvalue weighted by Crippen LogP contribution is -2.30. The van der Waals surface area contributed by atoms with Crippen LogP contribution in [0.5, 0.6) is 0 Å². The van der Waals surface area contributed by atoms with Crippen molar-refractivity contribution in [3.63, 3.8) is 0 Å². The first kappa shape index (κ1) is 12.7. The predicted molar refractivity (Wildman–Crippen MR) is 72.2 cm³/mol. The van der Waals surface area contributed by atoms with Gasteiger partial charge in [0.15, 0.2) is 0 Å². The number of hydrazine groups is 1. The summed E-state index contributed by atoms with van der Waals surface area (Å²) < 4.78 is 14.5. The van der Waals surface area contributed by atoms with Crippen LogP contribution in [0, 0.1) is 5.82 Å². The Morgan fingerprint density at radius 3 is 2.82 bits per heavy atom. The number of nitrogens with two attached hydrogens (primary N) is 1. The fourth-order valence-corrected chi connectivity index (χ4v) is 2.70. The molecule has 0 radical (unpaired) electrons.